The van der Waals surface area contributed by atoms with E-state index in [1.165, 1.54) is 12.1 Å². The number of rotatable bonds is 3. The fourth-order valence-electron chi connectivity index (χ4n) is 4.44. The van der Waals surface area contributed by atoms with Gasteiger partial charge in [-0.25, -0.2) is 8.42 Å². The molecule has 2 aromatic carbocycles. The Morgan fingerprint density at radius 2 is 1.90 bits per heavy atom. The van der Waals surface area contributed by atoms with Gasteiger partial charge in [0.25, 0.3) is 5.91 Å². The molecule has 0 radical (unpaired) electrons. The van der Waals surface area contributed by atoms with Gasteiger partial charge in [0.15, 0.2) is 9.84 Å². The summed E-state index contributed by atoms with van der Waals surface area (Å²) >= 11 is 0. The molecule has 0 unspecified atom stereocenters. The molecule has 2 aliphatic heterocycles. The maximum atomic E-state index is 13.3. The molecule has 8 nitrogen and oxygen atoms in total. The number of phenols is 2. The number of hydrogen-bond acceptors (Lipinski definition) is 6. The summed E-state index contributed by atoms with van der Waals surface area (Å²) in [5, 5.41) is 27.5. The number of aromatic amines is 1. The number of aromatic hydroxyl groups is 2. The van der Waals surface area contributed by atoms with Gasteiger partial charge in [0.1, 0.15) is 22.9 Å². The van der Waals surface area contributed by atoms with Gasteiger partial charge < -0.3 is 15.1 Å². The number of phenolic OH excluding ortho intramolecular Hbond substituents is 2. The molecule has 1 amide bonds. The Hall–Kier alpha value is -3.33. The molecule has 0 bridgehead atoms. The highest BCUT2D eigenvalue weighted by Gasteiger charge is 2.48. The van der Waals surface area contributed by atoms with Gasteiger partial charge in [-0.15, -0.1) is 0 Å². The van der Waals surface area contributed by atoms with Gasteiger partial charge in [0.2, 0.25) is 0 Å². The fourth-order valence-corrected chi connectivity index (χ4v) is 6.15. The average Bonchev–Trinajstić information content (AvgIpc) is 3.36. The number of hydrogen-bond donors (Lipinski definition) is 3. The van der Waals surface area contributed by atoms with Crippen molar-refractivity contribution in [1.82, 2.24) is 15.1 Å². The highest BCUT2D eigenvalue weighted by molar-refractivity contribution is 7.91. The van der Waals surface area contributed by atoms with Crippen LogP contribution in [0.5, 0.6) is 11.5 Å². The Morgan fingerprint density at radius 3 is 2.60 bits per heavy atom. The Kier molecular flexibility index (Phi) is 4.11. The predicted octanol–water partition coefficient (Wildman–Crippen LogP) is 2.22. The molecular weight excluding hydrogens is 406 g/mol. The third-order valence-electron chi connectivity index (χ3n) is 5.75. The molecule has 0 spiro atoms. The van der Waals surface area contributed by atoms with Crippen molar-refractivity contribution < 1.29 is 23.4 Å². The van der Waals surface area contributed by atoms with Crippen molar-refractivity contribution in [2.24, 2.45) is 0 Å². The Bertz CT molecular complexity index is 1270. The number of nitrogens with zero attached hydrogens (tertiary/aromatic N) is 2. The first-order valence-electron chi connectivity index (χ1n) is 9.54. The SMILES string of the molecule is O=C1c2[nH]nc(-c3ccccc3O)c2[C@H](c2cccc(O)c2)N1[C@@H]1CCS(=O)(=O)C1. The molecule has 2 aliphatic rings. The summed E-state index contributed by atoms with van der Waals surface area (Å²) in [6.07, 6.45) is 0.354. The number of nitrogens with one attached hydrogen (secondary N) is 1. The van der Waals surface area contributed by atoms with Crippen molar-refractivity contribution >= 4 is 15.7 Å². The van der Waals surface area contributed by atoms with E-state index >= 15 is 0 Å². The number of carbonyl (C=O) groups is 1. The molecule has 154 valence electrons. The largest absolute Gasteiger partial charge is 0.508 e. The molecule has 1 aromatic heterocycles. The van der Waals surface area contributed by atoms with Gasteiger partial charge in [-0.1, -0.05) is 24.3 Å². The molecule has 0 aliphatic carbocycles. The summed E-state index contributed by atoms with van der Waals surface area (Å²) in [6, 6.07) is 12.1. The zero-order valence-corrected chi connectivity index (χ0v) is 16.6. The van der Waals surface area contributed by atoms with E-state index in [-0.39, 0.29) is 34.6 Å². The molecular formula is C21H19N3O5S. The minimum atomic E-state index is -3.22. The molecule has 1 saturated heterocycles. The number of sulfone groups is 1. The molecule has 9 heteroatoms. The maximum absolute atomic E-state index is 13.3. The smallest absolute Gasteiger partial charge is 0.273 e. The summed E-state index contributed by atoms with van der Waals surface area (Å²) in [6.45, 7) is 0. The summed E-state index contributed by atoms with van der Waals surface area (Å²) in [7, 11) is -3.22. The number of H-pyrrole nitrogens is 1. The first kappa shape index (κ1) is 18.7. The van der Waals surface area contributed by atoms with Crippen LogP contribution in [-0.4, -0.2) is 57.2 Å². The van der Waals surface area contributed by atoms with Crippen molar-refractivity contribution in [3.05, 3.63) is 65.4 Å². The standard InChI is InChI=1S/C21H19N3O5S/c25-14-5-3-4-12(10-14)20-17-18(15-6-1-2-7-16(15)26)22-23-19(17)21(27)24(20)13-8-9-30(28,29)11-13/h1-7,10,13,20,25-26H,8-9,11H2,(H,22,23)/t13-,20+/m1/s1. The molecule has 3 N–H and O–H groups in total. The van der Waals surface area contributed by atoms with Crippen LogP contribution in [0.1, 0.15) is 34.1 Å². The van der Waals surface area contributed by atoms with Gasteiger partial charge >= 0.3 is 0 Å². The minimum Gasteiger partial charge on any atom is -0.508 e. The van der Waals surface area contributed by atoms with E-state index in [9.17, 15) is 23.4 Å². The van der Waals surface area contributed by atoms with Crippen LogP contribution in [-0.2, 0) is 9.84 Å². The van der Waals surface area contributed by atoms with Crippen molar-refractivity contribution in [2.75, 3.05) is 11.5 Å². The van der Waals surface area contributed by atoms with Gasteiger partial charge in [0, 0.05) is 17.2 Å². The monoisotopic (exact) mass is 425 g/mol. The van der Waals surface area contributed by atoms with E-state index < -0.39 is 21.9 Å². The summed E-state index contributed by atoms with van der Waals surface area (Å²) < 4.78 is 24.2. The van der Waals surface area contributed by atoms with Crippen molar-refractivity contribution in [3.8, 4) is 22.8 Å². The lowest BCUT2D eigenvalue weighted by Crippen LogP contribution is -2.40. The van der Waals surface area contributed by atoms with Gasteiger partial charge in [-0.05, 0) is 36.2 Å². The molecule has 3 aromatic rings. The van der Waals surface area contributed by atoms with Gasteiger partial charge in [-0.2, -0.15) is 5.10 Å². The van der Waals surface area contributed by atoms with Gasteiger partial charge in [-0.3, -0.25) is 9.89 Å². The van der Waals surface area contributed by atoms with Crippen LogP contribution in [0.25, 0.3) is 11.3 Å². The maximum Gasteiger partial charge on any atom is 0.273 e. The van der Waals surface area contributed by atoms with E-state index in [2.05, 4.69) is 10.2 Å². The molecule has 3 heterocycles. The number of fused-ring (bicyclic) bond motifs is 1. The van der Waals surface area contributed by atoms with Crippen LogP contribution in [0.4, 0.5) is 0 Å². The van der Waals surface area contributed by atoms with Crippen LogP contribution in [0.3, 0.4) is 0 Å². The summed E-state index contributed by atoms with van der Waals surface area (Å²) in [4.78, 5) is 14.9. The van der Waals surface area contributed by atoms with Crippen LogP contribution < -0.4 is 0 Å². The zero-order valence-electron chi connectivity index (χ0n) is 15.8. The quantitative estimate of drug-likeness (QED) is 0.591. The topological polar surface area (TPSA) is 124 Å². The third-order valence-corrected chi connectivity index (χ3v) is 7.50. The first-order valence-corrected chi connectivity index (χ1v) is 11.4. The summed E-state index contributed by atoms with van der Waals surface area (Å²) in [5.74, 6) is -0.338. The molecule has 5 rings (SSSR count). The second kappa shape index (κ2) is 6.60. The zero-order chi connectivity index (χ0) is 21.0. The van der Waals surface area contributed by atoms with Gasteiger partial charge in [0.05, 0.1) is 17.5 Å². The minimum absolute atomic E-state index is 0.0239. The third kappa shape index (κ3) is 2.85. The highest BCUT2D eigenvalue weighted by atomic mass is 32.2. The highest BCUT2D eigenvalue weighted by Crippen LogP contribution is 2.46. The number of amides is 1. The second-order valence-electron chi connectivity index (χ2n) is 7.64. The van der Waals surface area contributed by atoms with Crippen LogP contribution in [0.15, 0.2) is 48.5 Å². The molecule has 30 heavy (non-hydrogen) atoms. The lowest BCUT2D eigenvalue weighted by Gasteiger charge is -2.31. The Morgan fingerprint density at radius 1 is 1.10 bits per heavy atom. The second-order valence-corrected chi connectivity index (χ2v) is 9.87. The van der Waals surface area contributed by atoms with E-state index in [1.54, 1.807) is 41.3 Å². The normalized spacial score (nSPS) is 22.4. The van der Waals surface area contributed by atoms with Crippen molar-refractivity contribution in [2.45, 2.75) is 18.5 Å². The average molecular weight is 425 g/mol. The van der Waals surface area contributed by atoms with Crippen molar-refractivity contribution in [3.63, 3.8) is 0 Å². The fraction of sp³-hybridized carbons (Fsp3) is 0.238. The lowest BCUT2D eigenvalue weighted by atomic mass is 9.95. The number of aromatic nitrogens is 2. The van der Waals surface area contributed by atoms with E-state index in [0.717, 1.165) is 0 Å². The van der Waals surface area contributed by atoms with E-state index in [4.69, 9.17) is 0 Å². The number of benzene rings is 2. The van der Waals surface area contributed by atoms with Crippen molar-refractivity contribution in [1.29, 1.82) is 0 Å². The van der Waals surface area contributed by atoms with Crippen LogP contribution in [0, 0.1) is 0 Å². The van der Waals surface area contributed by atoms with Crippen LogP contribution >= 0.6 is 0 Å². The predicted molar refractivity (Wildman–Crippen MR) is 109 cm³/mol. The molecule has 1 fully saturated rings. The Balaban J connectivity index is 1.71. The molecule has 2 atom stereocenters. The number of carbonyl (C=O) groups excluding carboxylic acids is 1. The van der Waals surface area contributed by atoms with E-state index in [0.29, 0.717) is 28.8 Å². The van der Waals surface area contributed by atoms with E-state index in [1.807, 2.05) is 0 Å². The lowest BCUT2D eigenvalue weighted by molar-refractivity contribution is 0.0677. The van der Waals surface area contributed by atoms with Crippen LogP contribution in [0.2, 0.25) is 0 Å². The number of para-hydroxylation sites is 1. The first-order chi connectivity index (χ1) is 14.4. The molecule has 0 saturated carbocycles. The Labute approximate surface area is 172 Å². The summed E-state index contributed by atoms with van der Waals surface area (Å²) in [5.41, 5.74) is 2.37.